The zero-order valence-corrected chi connectivity index (χ0v) is 17.1. The number of hydrogen-bond acceptors (Lipinski definition) is 4. The lowest BCUT2D eigenvalue weighted by Gasteiger charge is -2.13. The molecule has 0 saturated heterocycles. The number of carbonyl (C=O) groups is 1. The number of aryl methyl sites for hydroxylation is 1. The van der Waals surface area contributed by atoms with E-state index in [1.54, 1.807) is 18.3 Å². The Balaban J connectivity index is 1.59. The first-order chi connectivity index (χ1) is 13.0. The van der Waals surface area contributed by atoms with E-state index in [1.807, 2.05) is 49.7 Å². The number of carbonyl (C=O) groups excluding carboxylic acids is 1. The fourth-order valence-corrected chi connectivity index (χ4v) is 3.08. The second-order valence-electron chi connectivity index (χ2n) is 6.20. The normalized spacial score (nSPS) is 12.0. The van der Waals surface area contributed by atoms with Crippen LogP contribution in [0, 0.1) is 6.92 Å². The molecule has 2 aromatic heterocycles. The number of ether oxygens (including phenoxy) is 1. The molecule has 1 atom stereocenters. The number of benzene rings is 1. The van der Waals surface area contributed by atoms with E-state index in [0.29, 0.717) is 5.76 Å². The van der Waals surface area contributed by atoms with Gasteiger partial charge >= 0.3 is 0 Å². The van der Waals surface area contributed by atoms with Gasteiger partial charge in [-0.3, -0.25) is 9.48 Å². The van der Waals surface area contributed by atoms with E-state index in [2.05, 4.69) is 26.3 Å². The number of rotatable bonds is 7. The van der Waals surface area contributed by atoms with Crippen LogP contribution in [0.3, 0.4) is 0 Å². The molecule has 1 unspecified atom stereocenters. The summed E-state index contributed by atoms with van der Waals surface area (Å²) >= 11 is 3.38. The summed E-state index contributed by atoms with van der Waals surface area (Å²) < 4.78 is 14.2. The third kappa shape index (κ3) is 4.60. The summed E-state index contributed by atoms with van der Waals surface area (Å²) in [6, 6.07) is 10.8. The number of amides is 1. The molecule has 0 aliphatic rings. The molecule has 0 spiro atoms. The topological polar surface area (TPSA) is 69.3 Å². The van der Waals surface area contributed by atoms with Crippen LogP contribution < -0.4 is 10.1 Å². The summed E-state index contributed by atoms with van der Waals surface area (Å²) in [6.07, 6.45) is 1.80. The zero-order valence-electron chi connectivity index (χ0n) is 15.5. The maximum absolute atomic E-state index is 12.5. The smallest absolute Gasteiger partial charge is 0.287 e. The highest BCUT2D eigenvalue weighted by Gasteiger charge is 2.18. The lowest BCUT2D eigenvalue weighted by Crippen LogP contribution is -2.26. The Kier molecular flexibility index (Phi) is 6.01. The highest BCUT2D eigenvalue weighted by molar-refractivity contribution is 9.10. The summed E-state index contributed by atoms with van der Waals surface area (Å²) in [5.41, 5.74) is 2.05. The second kappa shape index (κ2) is 8.43. The quantitative estimate of drug-likeness (QED) is 0.591. The van der Waals surface area contributed by atoms with E-state index < -0.39 is 0 Å². The van der Waals surface area contributed by atoms with Crippen molar-refractivity contribution < 1.29 is 13.9 Å². The summed E-state index contributed by atoms with van der Waals surface area (Å²) in [7, 11) is 0. The molecular formula is C20H22BrN3O3. The van der Waals surface area contributed by atoms with Gasteiger partial charge in [0.25, 0.3) is 5.91 Å². The monoisotopic (exact) mass is 431 g/mol. The van der Waals surface area contributed by atoms with Crippen molar-refractivity contribution in [1.29, 1.82) is 0 Å². The SMILES string of the molecule is CCn1ncc(C(C)NC(=O)c2ccc(COc3ccc(Br)cc3)o2)c1C. The van der Waals surface area contributed by atoms with Crippen molar-refractivity contribution >= 4 is 21.8 Å². The Labute approximate surface area is 166 Å². The lowest BCUT2D eigenvalue weighted by molar-refractivity contribution is 0.0907. The number of nitrogens with one attached hydrogen (secondary N) is 1. The molecule has 1 N–H and O–H groups in total. The van der Waals surface area contributed by atoms with Crippen LogP contribution in [0.25, 0.3) is 0 Å². The molecular weight excluding hydrogens is 410 g/mol. The standard InChI is InChI=1S/C20H22BrN3O3/c1-4-24-14(3)18(11-22-24)13(2)23-20(25)19-10-9-17(27-19)12-26-16-7-5-15(21)6-8-16/h5-11,13H,4,12H2,1-3H3,(H,23,25). The molecule has 3 aromatic rings. The minimum Gasteiger partial charge on any atom is -0.486 e. The Bertz CT molecular complexity index is 915. The van der Waals surface area contributed by atoms with Gasteiger partial charge < -0.3 is 14.5 Å². The van der Waals surface area contributed by atoms with Crippen LogP contribution in [0.15, 0.2) is 51.5 Å². The molecule has 0 radical (unpaired) electrons. The Hall–Kier alpha value is -2.54. The summed E-state index contributed by atoms with van der Waals surface area (Å²) in [5.74, 6) is 1.32. The van der Waals surface area contributed by atoms with E-state index in [-0.39, 0.29) is 24.3 Å². The number of aromatic nitrogens is 2. The van der Waals surface area contributed by atoms with Gasteiger partial charge in [0, 0.05) is 22.3 Å². The maximum Gasteiger partial charge on any atom is 0.287 e. The van der Waals surface area contributed by atoms with Crippen molar-refractivity contribution in [1.82, 2.24) is 15.1 Å². The van der Waals surface area contributed by atoms with E-state index >= 15 is 0 Å². The summed E-state index contributed by atoms with van der Waals surface area (Å²) in [4.78, 5) is 12.5. The fourth-order valence-electron chi connectivity index (χ4n) is 2.81. The van der Waals surface area contributed by atoms with Crippen molar-refractivity contribution in [2.45, 2.75) is 40.0 Å². The van der Waals surface area contributed by atoms with Crippen molar-refractivity contribution in [3.63, 3.8) is 0 Å². The average molecular weight is 432 g/mol. The minimum absolute atomic E-state index is 0.162. The third-order valence-electron chi connectivity index (χ3n) is 4.33. The van der Waals surface area contributed by atoms with Crippen LogP contribution in [-0.2, 0) is 13.2 Å². The predicted octanol–water partition coefficient (Wildman–Crippen LogP) is 4.64. The largest absolute Gasteiger partial charge is 0.486 e. The van der Waals surface area contributed by atoms with Gasteiger partial charge in [-0.25, -0.2) is 0 Å². The van der Waals surface area contributed by atoms with Crippen molar-refractivity contribution in [3.05, 3.63) is 69.8 Å². The van der Waals surface area contributed by atoms with Gasteiger partial charge in [-0.2, -0.15) is 5.10 Å². The van der Waals surface area contributed by atoms with Crippen molar-refractivity contribution in [3.8, 4) is 5.75 Å². The van der Waals surface area contributed by atoms with Gasteiger partial charge in [-0.15, -0.1) is 0 Å². The van der Waals surface area contributed by atoms with Gasteiger partial charge in [0.2, 0.25) is 0 Å². The first kappa shape index (κ1) is 19.2. The second-order valence-corrected chi connectivity index (χ2v) is 7.12. The van der Waals surface area contributed by atoms with Crippen LogP contribution >= 0.6 is 15.9 Å². The first-order valence-electron chi connectivity index (χ1n) is 8.78. The maximum atomic E-state index is 12.5. The molecule has 0 saturated carbocycles. The Morgan fingerprint density at radius 3 is 2.70 bits per heavy atom. The van der Waals surface area contributed by atoms with Gasteiger partial charge in [0.15, 0.2) is 5.76 Å². The Morgan fingerprint density at radius 2 is 2.04 bits per heavy atom. The van der Waals surface area contributed by atoms with Gasteiger partial charge in [-0.1, -0.05) is 15.9 Å². The van der Waals surface area contributed by atoms with E-state index in [9.17, 15) is 4.79 Å². The molecule has 0 fully saturated rings. The first-order valence-corrected chi connectivity index (χ1v) is 9.57. The van der Waals surface area contributed by atoms with Crippen LogP contribution in [-0.4, -0.2) is 15.7 Å². The molecule has 27 heavy (non-hydrogen) atoms. The van der Waals surface area contributed by atoms with Crippen LogP contribution in [0.4, 0.5) is 0 Å². The number of hydrogen-bond donors (Lipinski definition) is 1. The fraction of sp³-hybridized carbons (Fsp3) is 0.300. The van der Waals surface area contributed by atoms with Crippen molar-refractivity contribution in [2.75, 3.05) is 0 Å². The van der Waals surface area contributed by atoms with E-state index in [1.165, 1.54) is 0 Å². The number of furan rings is 1. The number of nitrogens with zero attached hydrogens (tertiary/aromatic N) is 2. The molecule has 0 bridgehead atoms. The van der Waals surface area contributed by atoms with Crippen LogP contribution in [0.5, 0.6) is 5.75 Å². The third-order valence-corrected chi connectivity index (χ3v) is 4.86. The molecule has 1 amide bonds. The highest BCUT2D eigenvalue weighted by atomic mass is 79.9. The van der Waals surface area contributed by atoms with E-state index in [4.69, 9.17) is 9.15 Å². The highest BCUT2D eigenvalue weighted by Crippen LogP contribution is 2.20. The Morgan fingerprint density at radius 1 is 1.30 bits per heavy atom. The molecule has 3 rings (SSSR count). The summed E-state index contributed by atoms with van der Waals surface area (Å²) in [6.45, 7) is 7.02. The molecule has 7 heteroatoms. The molecule has 6 nitrogen and oxygen atoms in total. The number of halogens is 1. The molecule has 142 valence electrons. The summed E-state index contributed by atoms with van der Waals surface area (Å²) in [5, 5.41) is 7.27. The zero-order chi connectivity index (χ0) is 19.4. The van der Waals surface area contributed by atoms with Crippen LogP contribution in [0.1, 0.15) is 47.5 Å². The average Bonchev–Trinajstić information content (AvgIpc) is 3.27. The molecule has 0 aliphatic carbocycles. The molecule has 2 heterocycles. The minimum atomic E-state index is -0.263. The van der Waals surface area contributed by atoms with Gasteiger partial charge in [0.1, 0.15) is 18.1 Å². The van der Waals surface area contributed by atoms with E-state index in [0.717, 1.165) is 28.0 Å². The van der Waals surface area contributed by atoms with Gasteiger partial charge in [0.05, 0.1) is 12.2 Å². The predicted molar refractivity (Wildman–Crippen MR) is 106 cm³/mol. The van der Waals surface area contributed by atoms with Crippen molar-refractivity contribution in [2.24, 2.45) is 0 Å². The van der Waals surface area contributed by atoms with Gasteiger partial charge in [-0.05, 0) is 57.2 Å². The molecule has 1 aromatic carbocycles. The lowest BCUT2D eigenvalue weighted by atomic mass is 10.1. The van der Waals surface area contributed by atoms with Crippen LogP contribution in [0.2, 0.25) is 0 Å². The molecule has 0 aliphatic heterocycles.